The van der Waals surface area contributed by atoms with Gasteiger partial charge in [0.2, 0.25) is 0 Å². The predicted octanol–water partition coefficient (Wildman–Crippen LogP) is 3.33. The number of nitrogens with one attached hydrogen (secondary N) is 1. The Morgan fingerprint density at radius 2 is 1.79 bits per heavy atom. The molecule has 2 aromatic rings. The van der Waals surface area contributed by atoms with Crippen LogP contribution in [0.3, 0.4) is 0 Å². The van der Waals surface area contributed by atoms with Gasteiger partial charge in [0.15, 0.2) is 0 Å². The molecule has 1 atom stereocenters. The number of nitrogens with two attached hydrogens (primary N) is 1. The molecule has 0 heterocycles. The summed E-state index contributed by atoms with van der Waals surface area (Å²) in [6.45, 7) is 1.18. The fourth-order valence-corrected chi connectivity index (χ4v) is 2.32. The minimum atomic E-state index is -0.207. The highest BCUT2D eigenvalue weighted by atomic mass is 35.5. The first-order valence-electron chi connectivity index (χ1n) is 8.04. The van der Waals surface area contributed by atoms with Crippen molar-refractivity contribution in [2.24, 2.45) is 11.7 Å². The fourth-order valence-electron chi connectivity index (χ4n) is 2.32. The molecule has 1 unspecified atom stereocenters. The van der Waals surface area contributed by atoms with Crippen LogP contribution < -0.4 is 15.8 Å². The molecular weight excluding hydrogens is 324 g/mol. The zero-order chi connectivity index (χ0) is 16.1. The van der Waals surface area contributed by atoms with E-state index < -0.39 is 0 Å². The summed E-state index contributed by atoms with van der Waals surface area (Å²) in [5.41, 5.74) is 7.71. The van der Waals surface area contributed by atoms with Crippen molar-refractivity contribution in [2.75, 3.05) is 13.2 Å². The Morgan fingerprint density at radius 1 is 1.12 bits per heavy atom. The zero-order valence-corrected chi connectivity index (χ0v) is 14.3. The van der Waals surface area contributed by atoms with Gasteiger partial charge in [0.05, 0.1) is 6.61 Å². The Morgan fingerprint density at radius 3 is 2.42 bits per heavy atom. The molecule has 1 fully saturated rings. The Bertz CT molecular complexity index is 642. The quantitative estimate of drug-likeness (QED) is 0.808. The summed E-state index contributed by atoms with van der Waals surface area (Å²) in [6.07, 6.45) is 2.53. The molecule has 1 aliphatic carbocycles. The molecule has 0 aromatic heterocycles. The van der Waals surface area contributed by atoms with Gasteiger partial charge in [-0.25, -0.2) is 0 Å². The number of halogens is 1. The van der Waals surface area contributed by atoms with Crippen LogP contribution in [0.15, 0.2) is 54.6 Å². The van der Waals surface area contributed by atoms with Crippen LogP contribution in [0.4, 0.5) is 0 Å². The van der Waals surface area contributed by atoms with Gasteiger partial charge in [0, 0.05) is 18.2 Å². The SMILES string of the molecule is Cl.NC(CNC(=O)c1ccc(OCC2CC2)cc1)c1ccccc1. The number of carbonyl (C=O) groups is 1. The number of hydrogen-bond donors (Lipinski definition) is 2. The van der Waals surface area contributed by atoms with Crippen LogP contribution in [-0.2, 0) is 0 Å². The molecule has 0 bridgehead atoms. The third-order valence-corrected chi connectivity index (χ3v) is 4.01. The Kier molecular flexibility index (Phi) is 6.64. The summed E-state index contributed by atoms with van der Waals surface area (Å²) in [5.74, 6) is 1.41. The van der Waals surface area contributed by atoms with Crippen LogP contribution in [0.25, 0.3) is 0 Å². The molecule has 3 N–H and O–H groups in total. The molecule has 1 amide bonds. The van der Waals surface area contributed by atoms with Crippen molar-refractivity contribution < 1.29 is 9.53 Å². The average Bonchev–Trinajstić information content (AvgIpc) is 3.43. The summed E-state index contributed by atoms with van der Waals surface area (Å²) >= 11 is 0. The smallest absolute Gasteiger partial charge is 0.251 e. The van der Waals surface area contributed by atoms with Crippen molar-refractivity contribution in [3.8, 4) is 5.75 Å². The van der Waals surface area contributed by atoms with E-state index in [0.29, 0.717) is 12.1 Å². The Labute approximate surface area is 148 Å². The van der Waals surface area contributed by atoms with Gasteiger partial charge >= 0.3 is 0 Å². The molecule has 1 saturated carbocycles. The number of ether oxygens (including phenoxy) is 1. The van der Waals surface area contributed by atoms with E-state index in [0.717, 1.165) is 23.8 Å². The summed E-state index contributed by atoms with van der Waals surface area (Å²) in [6, 6.07) is 16.8. The number of amides is 1. The van der Waals surface area contributed by atoms with Crippen LogP contribution in [0.2, 0.25) is 0 Å². The second kappa shape index (κ2) is 8.71. The molecule has 0 saturated heterocycles. The molecule has 3 rings (SSSR count). The first-order valence-corrected chi connectivity index (χ1v) is 8.04. The number of hydrogen-bond acceptors (Lipinski definition) is 3. The van der Waals surface area contributed by atoms with E-state index in [-0.39, 0.29) is 24.4 Å². The van der Waals surface area contributed by atoms with Crippen molar-refractivity contribution in [2.45, 2.75) is 18.9 Å². The van der Waals surface area contributed by atoms with E-state index in [1.54, 1.807) is 12.1 Å². The molecule has 5 heteroatoms. The first-order chi connectivity index (χ1) is 11.2. The maximum absolute atomic E-state index is 12.2. The summed E-state index contributed by atoms with van der Waals surface area (Å²) in [5, 5.41) is 2.87. The standard InChI is InChI=1S/C19H22N2O2.ClH/c20-18(15-4-2-1-3-5-15)12-21-19(22)16-8-10-17(11-9-16)23-13-14-6-7-14;/h1-5,8-11,14,18H,6-7,12-13,20H2,(H,21,22);1H. The highest BCUT2D eigenvalue weighted by Gasteiger charge is 2.21. The molecule has 128 valence electrons. The monoisotopic (exact) mass is 346 g/mol. The Hall–Kier alpha value is -2.04. The first kappa shape index (κ1) is 18.3. The van der Waals surface area contributed by atoms with Crippen LogP contribution in [0, 0.1) is 5.92 Å². The van der Waals surface area contributed by atoms with E-state index in [2.05, 4.69) is 5.32 Å². The van der Waals surface area contributed by atoms with Crippen LogP contribution in [-0.4, -0.2) is 19.1 Å². The van der Waals surface area contributed by atoms with Crippen molar-refractivity contribution >= 4 is 18.3 Å². The lowest BCUT2D eigenvalue weighted by Gasteiger charge is -2.13. The minimum Gasteiger partial charge on any atom is -0.493 e. The minimum absolute atomic E-state index is 0. The third-order valence-electron chi connectivity index (χ3n) is 4.01. The van der Waals surface area contributed by atoms with Crippen molar-refractivity contribution in [3.63, 3.8) is 0 Å². The lowest BCUT2D eigenvalue weighted by molar-refractivity contribution is 0.0951. The van der Waals surface area contributed by atoms with Crippen molar-refractivity contribution in [3.05, 3.63) is 65.7 Å². The highest BCUT2D eigenvalue weighted by Crippen LogP contribution is 2.29. The van der Waals surface area contributed by atoms with Gasteiger partial charge < -0.3 is 15.8 Å². The van der Waals surface area contributed by atoms with Gasteiger partial charge in [-0.3, -0.25) is 4.79 Å². The van der Waals surface area contributed by atoms with Gasteiger partial charge in [0.25, 0.3) is 5.91 Å². The molecule has 4 nitrogen and oxygen atoms in total. The summed E-state index contributed by atoms with van der Waals surface area (Å²) in [7, 11) is 0. The van der Waals surface area contributed by atoms with E-state index in [1.807, 2.05) is 42.5 Å². The van der Waals surface area contributed by atoms with Gasteiger partial charge in [-0.15, -0.1) is 12.4 Å². The maximum atomic E-state index is 12.2. The highest BCUT2D eigenvalue weighted by molar-refractivity contribution is 5.94. The van der Waals surface area contributed by atoms with Crippen molar-refractivity contribution in [1.82, 2.24) is 5.32 Å². The number of carbonyl (C=O) groups excluding carboxylic acids is 1. The number of rotatable bonds is 7. The second-order valence-electron chi connectivity index (χ2n) is 6.01. The lowest BCUT2D eigenvalue weighted by atomic mass is 10.1. The van der Waals surface area contributed by atoms with E-state index in [1.165, 1.54) is 12.8 Å². The van der Waals surface area contributed by atoms with Gasteiger partial charge in [-0.2, -0.15) is 0 Å². The van der Waals surface area contributed by atoms with Crippen LogP contribution in [0.5, 0.6) is 5.75 Å². The molecule has 1 aliphatic rings. The molecule has 24 heavy (non-hydrogen) atoms. The van der Waals surface area contributed by atoms with Gasteiger partial charge in [0.1, 0.15) is 5.75 Å². The molecule has 0 aliphatic heterocycles. The van der Waals surface area contributed by atoms with Crippen molar-refractivity contribution in [1.29, 1.82) is 0 Å². The topological polar surface area (TPSA) is 64.3 Å². The normalized spacial score (nSPS) is 14.4. The average molecular weight is 347 g/mol. The van der Waals surface area contributed by atoms with E-state index in [9.17, 15) is 4.79 Å². The van der Waals surface area contributed by atoms with E-state index in [4.69, 9.17) is 10.5 Å². The summed E-state index contributed by atoms with van der Waals surface area (Å²) < 4.78 is 5.67. The second-order valence-corrected chi connectivity index (χ2v) is 6.01. The van der Waals surface area contributed by atoms with Gasteiger partial charge in [-0.05, 0) is 48.6 Å². The molecule has 0 radical (unpaired) electrons. The van der Waals surface area contributed by atoms with Gasteiger partial charge in [-0.1, -0.05) is 30.3 Å². The van der Waals surface area contributed by atoms with E-state index >= 15 is 0 Å². The van der Waals surface area contributed by atoms with Crippen LogP contribution in [0.1, 0.15) is 34.8 Å². The fraction of sp³-hybridized carbons (Fsp3) is 0.316. The lowest BCUT2D eigenvalue weighted by Crippen LogP contribution is -2.31. The summed E-state index contributed by atoms with van der Waals surface area (Å²) in [4.78, 5) is 12.2. The van der Waals surface area contributed by atoms with Crippen LogP contribution >= 0.6 is 12.4 Å². The molecular formula is C19H23ClN2O2. The number of benzene rings is 2. The maximum Gasteiger partial charge on any atom is 0.251 e. The Balaban J connectivity index is 0.00000208. The third kappa shape index (κ3) is 5.25. The molecule has 0 spiro atoms. The molecule has 2 aromatic carbocycles. The predicted molar refractivity (Wildman–Crippen MR) is 97.6 cm³/mol. The zero-order valence-electron chi connectivity index (χ0n) is 13.5. The largest absolute Gasteiger partial charge is 0.493 e.